The first-order valence-electron chi connectivity index (χ1n) is 9.47. The molecule has 152 valence electrons. The fourth-order valence-corrected chi connectivity index (χ4v) is 3.92. The Bertz CT molecular complexity index is 768. The van der Waals surface area contributed by atoms with E-state index in [-0.39, 0.29) is 23.3 Å². The zero-order valence-corrected chi connectivity index (χ0v) is 15.5. The van der Waals surface area contributed by atoms with Gasteiger partial charge in [0.15, 0.2) is 11.5 Å². The second-order valence-corrected chi connectivity index (χ2v) is 7.19. The topological polar surface area (TPSA) is 130 Å². The Labute approximate surface area is 162 Å². The molecule has 2 aliphatic heterocycles. The molecule has 0 aliphatic carbocycles. The van der Waals surface area contributed by atoms with Crippen LogP contribution in [0.25, 0.3) is 0 Å². The average Bonchev–Trinajstić information content (AvgIpc) is 3.33. The molecule has 0 bridgehead atoms. The highest BCUT2D eigenvalue weighted by molar-refractivity contribution is 5.92. The predicted octanol–water partition coefficient (Wildman–Crippen LogP) is 0.890. The van der Waals surface area contributed by atoms with Gasteiger partial charge < -0.3 is 25.5 Å². The summed E-state index contributed by atoms with van der Waals surface area (Å²) in [6, 6.07) is 3.20. The second-order valence-electron chi connectivity index (χ2n) is 7.19. The molecular weight excluding hydrogens is 366 g/mol. The van der Waals surface area contributed by atoms with Gasteiger partial charge in [0, 0.05) is 19.6 Å². The summed E-state index contributed by atoms with van der Waals surface area (Å²) in [4.78, 5) is 39.4. The lowest BCUT2D eigenvalue weighted by Gasteiger charge is -2.29. The molecule has 2 saturated heterocycles. The lowest BCUT2D eigenvalue weighted by molar-refractivity contribution is -0.141. The molecule has 0 spiro atoms. The third-order valence-electron chi connectivity index (χ3n) is 5.37. The van der Waals surface area contributed by atoms with Crippen LogP contribution in [0.15, 0.2) is 18.2 Å². The van der Waals surface area contributed by atoms with Gasteiger partial charge in [0.25, 0.3) is 0 Å². The van der Waals surface area contributed by atoms with Crippen LogP contribution in [0.3, 0.4) is 0 Å². The van der Waals surface area contributed by atoms with Crippen LogP contribution in [0, 0.1) is 0 Å². The lowest BCUT2D eigenvalue weighted by Crippen LogP contribution is -2.52. The van der Waals surface area contributed by atoms with Gasteiger partial charge in [0.2, 0.25) is 11.8 Å². The van der Waals surface area contributed by atoms with Gasteiger partial charge in [-0.05, 0) is 49.8 Å². The summed E-state index contributed by atoms with van der Waals surface area (Å²) < 4.78 is 0. The zero-order chi connectivity index (χ0) is 20.3. The number of nitrogens with one attached hydrogen (secondary N) is 1. The van der Waals surface area contributed by atoms with Crippen LogP contribution in [0.5, 0.6) is 11.5 Å². The molecule has 1 aromatic carbocycles. The zero-order valence-electron chi connectivity index (χ0n) is 15.5. The van der Waals surface area contributed by atoms with Gasteiger partial charge in [-0.1, -0.05) is 6.07 Å². The van der Waals surface area contributed by atoms with Gasteiger partial charge in [0.05, 0.1) is 0 Å². The SMILES string of the molecule is O=C(NCCc1ccc(O)c(O)c1)C1CCCN1C(=O)C1CCCN1C(=O)O. The van der Waals surface area contributed by atoms with Crippen LogP contribution in [-0.4, -0.2) is 74.7 Å². The van der Waals surface area contributed by atoms with Crippen molar-refractivity contribution in [2.45, 2.75) is 44.2 Å². The first-order chi connectivity index (χ1) is 13.4. The number of carbonyl (C=O) groups is 3. The first-order valence-corrected chi connectivity index (χ1v) is 9.47. The van der Waals surface area contributed by atoms with Gasteiger partial charge >= 0.3 is 6.09 Å². The van der Waals surface area contributed by atoms with Crippen molar-refractivity contribution in [2.24, 2.45) is 0 Å². The number of aromatic hydroxyl groups is 2. The molecule has 2 heterocycles. The van der Waals surface area contributed by atoms with Crippen molar-refractivity contribution in [1.29, 1.82) is 0 Å². The maximum Gasteiger partial charge on any atom is 0.407 e. The standard InChI is InChI=1S/C19H25N3O6/c23-15-6-5-12(11-16(15)24)7-8-20-17(25)13-3-1-9-21(13)18(26)14-4-2-10-22(14)19(27)28/h5-6,11,13-14,23-24H,1-4,7-10H2,(H,20,25)(H,27,28). The summed E-state index contributed by atoms with van der Waals surface area (Å²) in [7, 11) is 0. The number of hydrogen-bond donors (Lipinski definition) is 4. The predicted molar refractivity (Wildman–Crippen MR) is 99.0 cm³/mol. The highest BCUT2D eigenvalue weighted by atomic mass is 16.4. The maximum absolute atomic E-state index is 12.8. The molecule has 3 rings (SSSR count). The normalized spacial score (nSPS) is 21.7. The number of carbonyl (C=O) groups excluding carboxylic acids is 2. The van der Waals surface area contributed by atoms with Gasteiger partial charge in [-0.15, -0.1) is 0 Å². The molecule has 3 amide bonds. The van der Waals surface area contributed by atoms with Gasteiger partial charge in [-0.25, -0.2) is 4.79 Å². The van der Waals surface area contributed by atoms with Gasteiger partial charge in [-0.3, -0.25) is 14.5 Å². The minimum absolute atomic E-state index is 0.199. The largest absolute Gasteiger partial charge is 0.504 e. The molecule has 2 aliphatic rings. The van der Waals surface area contributed by atoms with Crippen molar-refractivity contribution >= 4 is 17.9 Å². The summed E-state index contributed by atoms with van der Waals surface area (Å²) in [5.41, 5.74) is 0.762. The molecule has 9 nitrogen and oxygen atoms in total. The van der Waals surface area contributed by atoms with Crippen molar-refractivity contribution in [3.05, 3.63) is 23.8 Å². The summed E-state index contributed by atoms with van der Waals surface area (Å²) in [5.74, 6) is -0.958. The van der Waals surface area contributed by atoms with Crippen LogP contribution in [0.1, 0.15) is 31.2 Å². The molecule has 9 heteroatoms. The van der Waals surface area contributed by atoms with E-state index in [1.165, 1.54) is 17.0 Å². The Morgan fingerprint density at radius 1 is 1.00 bits per heavy atom. The Morgan fingerprint density at radius 2 is 1.68 bits per heavy atom. The Balaban J connectivity index is 1.56. The molecule has 28 heavy (non-hydrogen) atoms. The van der Waals surface area contributed by atoms with Crippen LogP contribution < -0.4 is 5.32 Å². The lowest BCUT2D eigenvalue weighted by atomic mass is 10.1. The number of likely N-dealkylation sites (tertiary alicyclic amines) is 2. The summed E-state index contributed by atoms with van der Waals surface area (Å²) in [5, 5.41) is 30.9. The number of nitrogens with zero attached hydrogens (tertiary/aromatic N) is 2. The summed E-state index contributed by atoms with van der Waals surface area (Å²) >= 11 is 0. The summed E-state index contributed by atoms with van der Waals surface area (Å²) in [6.45, 7) is 1.12. The highest BCUT2D eigenvalue weighted by Gasteiger charge is 2.42. The van der Waals surface area contributed by atoms with Crippen LogP contribution in [-0.2, 0) is 16.0 Å². The van der Waals surface area contributed by atoms with E-state index in [2.05, 4.69) is 5.32 Å². The minimum atomic E-state index is -1.10. The van der Waals surface area contributed by atoms with E-state index < -0.39 is 18.2 Å². The van der Waals surface area contributed by atoms with Crippen LogP contribution >= 0.6 is 0 Å². The van der Waals surface area contributed by atoms with Gasteiger partial charge in [0.1, 0.15) is 12.1 Å². The van der Waals surface area contributed by atoms with Crippen LogP contribution in [0.4, 0.5) is 4.79 Å². The van der Waals surface area contributed by atoms with Crippen molar-refractivity contribution in [3.63, 3.8) is 0 Å². The molecule has 0 saturated carbocycles. The number of benzene rings is 1. The molecule has 2 unspecified atom stereocenters. The fraction of sp³-hybridized carbons (Fsp3) is 0.526. The quantitative estimate of drug-likeness (QED) is 0.552. The average molecular weight is 391 g/mol. The van der Waals surface area contributed by atoms with Crippen molar-refractivity contribution < 1.29 is 29.7 Å². The second kappa shape index (κ2) is 8.37. The first kappa shape index (κ1) is 19.8. The molecule has 4 N–H and O–H groups in total. The Hall–Kier alpha value is -2.97. The van der Waals surface area contributed by atoms with E-state index in [1.54, 1.807) is 6.07 Å². The van der Waals surface area contributed by atoms with E-state index >= 15 is 0 Å². The van der Waals surface area contributed by atoms with E-state index in [4.69, 9.17) is 0 Å². The number of phenols is 2. The van der Waals surface area contributed by atoms with E-state index in [0.717, 1.165) is 10.5 Å². The maximum atomic E-state index is 12.8. The van der Waals surface area contributed by atoms with Crippen molar-refractivity contribution in [3.8, 4) is 11.5 Å². The number of carboxylic acid groups (broad SMARTS) is 1. The number of hydrogen-bond acceptors (Lipinski definition) is 5. The third kappa shape index (κ3) is 4.13. The summed E-state index contributed by atoms with van der Waals surface area (Å²) in [6.07, 6.45) is 1.75. The molecule has 0 radical (unpaired) electrons. The number of amides is 3. The monoisotopic (exact) mass is 391 g/mol. The Kier molecular flexibility index (Phi) is 5.91. The molecule has 2 atom stereocenters. The molecular formula is C19H25N3O6. The van der Waals surface area contributed by atoms with E-state index in [9.17, 15) is 29.7 Å². The fourth-order valence-electron chi connectivity index (χ4n) is 3.92. The van der Waals surface area contributed by atoms with E-state index in [0.29, 0.717) is 51.7 Å². The van der Waals surface area contributed by atoms with Gasteiger partial charge in [-0.2, -0.15) is 0 Å². The van der Waals surface area contributed by atoms with Crippen LogP contribution in [0.2, 0.25) is 0 Å². The number of rotatable bonds is 5. The van der Waals surface area contributed by atoms with E-state index in [1.807, 2.05) is 0 Å². The smallest absolute Gasteiger partial charge is 0.407 e. The Morgan fingerprint density at radius 3 is 2.36 bits per heavy atom. The third-order valence-corrected chi connectivity index (χ3v) is 5.37. The van der Waals surface area contributed by atoms with Crippen molar-refractivity contribution in [2.75, 3.05) is 19.6 Å². The van der Waals surface area contributed by atoms with Crippen molar-refractivity contribution in [1.82, 2.24) is 15.1 Å². The molecule has 2 fully saturated rings. The highest BCUT2D eigenvalue weighted by Crippen LogP contribution is 2.26. The number of phenolic OH excluding ortho intramolecular Hbond substituents is 2. The minimum Gasteiger partial charge on any atom is -0.504 e. The molecule has 0 aromatic heterocycles. The molecule has 1 aromatic rings.